The van der Waals surface area contributed by atoms with Gasteiger partial charge in [0, 0.05) is 30.6 Å². The Morgan fingerprint density at radius 2 is 1.94 bits per heavy atom. The first-order chi connectivity index (χ1) is 15.0. The number of hydrogen-bond acceptors (Lipinski definition) is 5. The number of methoxy groups -OCH3 is 1. The molecule has 0 saturated carbocycles. The van der Waals surface area contributed by atoms with E-state index in [2.05, 4.69) is 6.07 Å². The quantitative estimate of drug-likeness (QED) is 0.603. The number of thiophene rings is 1. The Bertz CT molecular complexity index is 1040. The topological polar surface area (TPSA) is 66.9 Å². The molecule has 2 aliphatic rings. The highest BCUT2D eigenvalue weighted by atomic mass is 32.2. The molecule has 0 N–H and O–H groups in total. The Kier molecular flexibility index (Phi) is 6.79. The Balaban J connectivity index is 1.55. The van der Waals surface area contributed by atoms with Crippen molar-refractivity contribution in [2.45, 2.75) is 43.0 Å². The molecule has 0 bridgehead atoms. The molecule has 1 aromatic carbocycles. The Labute approximate surface area is 188 Å². The lowest BCUT2D eigenvalue weighted by Crippen LogP contribution is -2.35. The minimum atomic E-state index is -3.64. The van der Waals surface area contributed by atoms with Crippen LogP contribution in [0.3, 0.4) is 0 Å². The van der Waals surface area contributed by atoms with Gasteiger partial charge in [-0.15, -0.1) is 11.3 Å². The van der Waals surface area contributed by atoms with Gasteiger partial charge >= 0.3 is 0 Å². The first-order valence-electron chi connectivity index (χ1n) is 10.7. The summed E-state index contributed by atoms with van der Waals surface area (Å²) in [6.07, 6.45) is 8.00. The van der Waals surface area contributed by atoms with Gasteiger partial charge in [0.1, 0.15) is 10.6 Å². The van der Waals surface area contributed by atoms with E-state index in [1.807, 2.05) is 16.3 Å². The van der Waals surface area contributed by atoms with Gasteiger partial charge in [0.05, 0.1) is 13.2 Å². The van der Waals surface area contributed by atoms with E-state index in [1.54, 1.807) is 41.7 Å². The van der Waals surface area contributed by atoms with Gasteiger partial charge in [-0.1, -0.05) is 18.6 Å². The second-order valence-corrected chi connectivity index (χ2v) is 10.8. The number of carbonyl (C=O) groups excluding carboxylic acids is 1. The number of sulfonamides is 1. The summed E-state index contributed by atoms with van der Waals surface area (Å²) >= 11 is 1.67. The molecule has 4 rings (SSSR count). The molecule has 1 unspecified atom stereocenters. The molecule has 8 heteroatoms. The van der Waals surface area contributed by atoms with Crippen LogP contribution in [0.2, 0.25) is 0 Å². The van der Waals surface area contributed by atoms with Crippen molar-refractivity contribution in [3.8, 4) is 5.75 Å². The lowest BCUT2D eigenvalue weighted by molar-refractivity contribution is -0.126. The highest BCUT2D eigenvalue weighted by Gasteiger charge is 2.30. The predicted octanol–water partition coefficient (Wildman–Crippen LogP) is 4.31. The fraction of sp³-hybridized carbons (Fsp3) is 0.435. The van der Waals surface area contributed by atoms with Gasteiger partial charge in [0.15, 0.2) is 0 Å². The summed E-state index contributed by atoms with van der Waals surface area (Å²) in [4.78, 5) is 16.1. The number of amides is 1. The van der Waals surface area contributed by atoms with E-state index >= 15 is 0 Å². The Morgan fingerprint density at radius 3 is 2.65 bits per heavy atom. The Hall–Kier alpha value is -2.16. The average molecular weight is 461 g/mol. The summed E-state index contributed by atoms with van der Waals surface area (Å²) in [6.45, 7) is 1.80. The van der Waals surface area contributed by atoms with Crippen molar-refractivity contribution in [3.63, 3.8) is 0 Å². The first kappa shape index (κ1) is 22.0. The summed E-state index contributed by atoms with van der Waals surface area (Å²) in [5.41, 5.74) is 0.664. The molecule has 1 aromatic heterocycles. The molecule has 31 heavy (non-hydrogen) atoms. The maximum Gasteiger partial charge on any atom is 0.247 e. The van der Waals surface area contributed by atoms with Crippen LogP contribution in [0.1, 0.15) is 48.6 Å². The van der Waals surface area contributed by atoms with Crippen LogP contribution in [0, 0.1) is 0 Å². The number of ether oxygens (including phenoxy) is 1. The number of rotatable bonds is 6. The van der Waals surface area contributed by atoms with E-state index in [1.165, 1.54) is 16.3 Å². The minimum absolute atomic E-state index is 0.0489. The van der Waals surface area contributed by atoms with Gasteiger partial charge in [-0.3, -0.25) is 4.79 Å². The van der Waals surface area contributed by atoms with Gasteiger partial charge in [0.25, 0.3) is 0 Å². The third-order valence-corrected chi connectivity index (χ3v) is 8.84. The highest BCUT2D eigenvalue weighted by Crippen LogP contribution is 2.35. The van der Waals surface area contributed by atoms with Crippen molar-refractivity contribution in [1.29, 1.82) is 0 Å². The second kappa shape index (κ2) is 9.54. The van der Waals surface area contributed by atoms with Gasteiger partial charge in [-0.05, 0) is 60.9 Å². The Morgan fingerprint density at radius 1 is 1.13 bits per heavy atom. The van der Waals surface area contributed by atoms with Crippen molar-refractivity contribution in [3.05, 3.63) is 52.2 Å². The van der Waals surface area contributed by atoms with Crippen LogP contribution < -0.4 is 4.74 Å². The van der Waals surface area contributed by atoms with Gasteiger partial charge in [0.2, 0.25) is 15.9 Å². The summed E-state index contributed by atoms with van der Waals surface area (Å²) < 4.78 is 33.2. The number of hydrogen-bond donors (Lipinski definition) is 0. The van der Waals surface area contributed by atoms with E-state index in [0.717, 1.165) is 38.6 Å². The molecular formula is C23H28N2O4S2. The first-order valence-corrected chi connectivity index (χ1v) is 13.0. The number of nitrogens with zero attached hydrogens (tertiary/aromatic N) is 2. The molecule has 166 valence electrons. The van der Waals surface area contributed by atoms with Crippen LogP contribution >= 0.6 is 11.3 Å². The summed E-state index contributed by atoms with van der Waals surface area (Å²) in [7, 11) is -2.17. The summed E-state index contributed by atoms with van der Waals surface area (Å²) in [5, 5.41) is 2.04. The molecule has 0 spiro atoms. The normalized spacial score (nSPS) is 20.4. The number of likely N-dealkylation sites (tertiary alicyclic amines) is 1. The smallest absolute Gasteiger partial charge is 0.247 e. The molecule has 0 aliphatic carbocycles. The zero-order chi connectivity index (χ0) is 21.8. The molecule has 1 amide bonds. The van der Waals surface area contributed by atoms with Crippen molar-refractivity contribution < 1.29 is 17.9 Å². The van der Waals surface area contributed by atoms with Crippen LogP contribution in [0.15, 0.2) is 46.7 Å². The standard InChI is InChI=1S/C23H28N2O4S2/c1-29-20-11-9-18(17-22(20)31(27,28)24-13-3-2-4-14-24)10-12-23(26)25-15-5-7-19(25)21-8-6-16-30-21/h6,8-12,16-17,19H,2-5,7,13-15H2,1H3. The molecule has 0 radical (unpaired) electrons. The monoisotopic (exact) mass is 460 g/mol. The van der Waals surface area contributed by atoms with Crippen molar-refractivity contribution in [2.75, 3.05) is 26.7 Å². The molecule has 2 aromatic rings. The predicted molar refractivity (Wildman–Crippen MR) is 123 cm³/mol. The molecule has 1 atom stereocenters. The van der Waals surface area contributed by atoms with Crippen LogP contribution in [0.4, 0.5) is 0 Å². The van der Waals surface area contributed by atoms with Crippen molar-refractivity contribution in [2.24, 2.45) is 0 Å². The van der Waals surface area contributed by atoms with Crippen LogP contribution in [-0.4, -0.2) is 50.3 Å². The molecule has 2 fully saturated rings. The fourth-order valence-corrected chi connectivity index (χ4v) is 6.89. The lowest BCUT2D eigenvalue weighted by Gasteiger charge is -2.26. The zero-order valence-corrected chi connectivity index (χ0v) is 19.3. The molecule has 3 heterocycles. The van der Waals surface area contributed by atoms with E-state index in [9.17, 15) is 13.2 Å². The average Bonchev–Trinajstić information content (AvgIpc) is 3.49. The molecule has 2 aliphatic heterocycles. The third-order valence-electron chi connectivity index (χ3n) is 5.95. The maximum atomic E-state index is 13.2. The fourth-order valence-electron chi connectivity index (χ4n) is 4.31. The minimum Gasteiger partial charge on any atom is -0.495 e. The van der Waals surface area contributed by atoms with Crippen LogP contribution in [-0.2, 0) is 14.8 Å². The van der Waals surface area contributed by atoms with Gasteiger partial charge in [-0.25, -0.2) is 8.42 Å². The lowest BCUT2D eigenvalue weighted by atomic mass is 10.1. The number of benzene rings is 1. The highest BCUT2D eigenvalue weighted by molar-refractivity contribution is 7.89. The molecule has 2 saturated heterocycles. The SMILES string of the molecule is COc1ccc(C=CC(=O)N2CCCC2c2cccs2)cc1S(=O)(=O)N1CCCCC1. The van der Waals surface area contributed by atoms with Gasteiger partial charge < -0.3 is 9.64 Å². The zero-order valence-electron chi connectivity index (χ0n) is 17.7. The maximum absolute atomic E-state index is 13.2. The van der Waals surface area contributed by atoms with E-state index in [0.29, 0.717) is 24.4 Å². The van der Waals surface area contributed by atoms with E-state index in [4.69, 9.17) is 4.74 Å². The van der Waals surface area contributed by atoms with E-state index < -0.39 is 10.0 Å². The van der Waals surface area contributed by atoms with Crippen molar-refractivity contribution >= 4 is 33.3 Å². The van der Waals surface area contributed by atoms with Crippen LogP contribution in [0.25, 0.3) is 6.08 Å². The van der Waals surface area contributed by atoms with E-state index in [-0.39, 0.29) is 16.8 Å². The van der Waals surface area contributed by atoms with Gasteiger partial charge in [-0.2, -0.15) is 4.31 Å². The molecule has 6 nitrogen and oxygen atoms in total. The summed E-state index contributed by atoms with van der Waals surface area (Å²) in [5.74, 6) is 0.276. The van der Waals surface area contributed by atoms with Crippen molar-refractivity contribution in [1.82, 2.24) is 9.21 Å². The number of carbonyl (C=O) groups is 1. The number of piperidine rings is 1. The molecular weight excluding hydrogens is 432 g/mol. The second-order valence-electron chi connectivity index (χ2n) is 7.91. The largest absolute Gasteiger partial charge is 0.495 e. The van der Waals surface area contributed by atoms with Crippen LogP contribution in [0.5, 0.6) is 5.75 Å². The summed E-state index contributed by atoms with van der Waals surface area (Å²) in [6, 6.07) is 9.25. The third kappa shape index (κ3) is 4.71.